The average molecular weight is 304 g/mol. The monoisotopic (exact) mass is 304 g/mol. The Labute approximate surface area is 127 Å². The molecule has 0 fully saturated rings. The fraction of sp³-hybridized carbons (Fsp3) is 0.500. The van der Waals surface area contributed by atoms with E-state index in [1.54, 1.807) is 11.3 Å². The molecule has 0 unspecified atom stereocenters. The van der Waals surface area contributed by atoms with Crippen LogP contribution in [0.1, 0.15) is 37.7 Å². The van der Waals surface area contributed by atoms with E-state index in [1.165, 1.54) is 11.3 Å². The number of fused-ring (bicyclic) bond motifs is 1. The maximum Gasteiger partial charge on any atom is 0.214 e. The molecule has 7 heteroatoms. The van der Waals surface area contributed by atoms with E-state index in [1.807, 2.05) is 28.6 Å². The molecule has 0 bridgehead atoms. The van der Waals surface area contributed by atoms with Gasteiger partial charge in [0.15, 0.2) is 0 Å². The van der Waals surface area contributed by atoms with Crippen LogP contribution in [0.5, 0.6) is 0 Å². The van der Waals surface area contributed by atoms with Crippen LogP contribution in [0.4, 0.5) is 5.13 Å². The van der Waals surface area contributed by atoms with Gasteiger partial charge in [-0.2, -0.15) is 5.10 Å². The van der Waals surface area contributed by atoms with Gasteiger partial charge in [0, 0.05) is 30.3 Å². The van der Waals surface area contributed by atoms with E-state index < -0.39 is 0 Å². The summed E-state index contributed by atoms with van der Waals surface area (Å²) in [7, 11) is 1.95. The van der Waals surface area contributed by atoms with Crippen molar-refractivity contribution >= 4 is 21.4 Å². The first-order valence-electron chi connectivity index (χ1n) is 6.92. The van der Waals surface area contributed by atoms with Crippen molar-refractivity contribution in [2.24, 2.45) is 7.05 Å². The first kappa shape index (κ1) is 14.1. The van der Waals surface area contributed by atoms with E-state index in [4.69, 9.17) is 0 Å². The molecule has 112 valence electrons. The number of aromatic nitrogens is 5. The van der Waals surface area contributed by atoms with Gasteiger partial charge in [-0.15, -0.1) is 5.10 Å². The molecule has 0 radical (unpaired) electrons. The molecule has 0 saturated carbocycles. The van der Waals surface area contributed by atoms with Gasteiger partial charge < -0.3 is 5.32 Å². The molecule has 0 aliphatic heterocycles. The molecular formula is C14H20N6S. The summed E-state index contributed by atoms with van der Waals surface area (Å²) < 4.78 is 3.73. The van der Waals surface area contributed by atoms with Gasteiger partial charge in [-0.05, 0) is 6.92 Å². The van der Waals surface area contributed by atoms with Crippen LogP contribution in [0.25, 0.3) is 4.96 Å². The molecular weight excluding hydrogens is 284 g/mol. The second-order valence-corrected chi connectivity index (χ2v) is 7.20. The van der Waals surface area contributed by atoms with Crippen LogP contribution < -0.4 is 5.32 Å². The second-order valence-electron chi connectivity index (χ2n) is 6.24. The lowest BCUT2D eigenvalue weighted by molar-refractivity contribution is 0.572. The molecule has 1 N–H and O–H groups in total. The van der Waals surface area contributed by atoms with Gasteiger partial charge in [-0.3, -0.25) is 4.68 Å². The molecule has 0 amide bonds. The van der Waals surface area contributed by atoms with Crippen molar-refractivity contribution in [2.75, 3.05) is 5.32 Å². The van der Waals surface area contributed by atoms with Gasteiger partial charge in [0.2, 0.25) is 10.1 Å². The van der Waals surface area contributed by atoms with Crippen LogP contribution in [0, 0.1) is 6.92 Å². The molecule has 3 rings (SSSR count). The van der Waals surface area contributed by atoms with Gasteiger partial charge in [-0.25, -0.2) is 9.50 Å². The molecule has 21 heavy (non-hydrogen) atoms. The highest BCUT2D eigenvalue weighted by atomic mass is 32.1. The first-order chi connectivity index (χ1) is 9.84. The Hall–Kier alpha value is -1.89. The second kappa shape index (κ2) is 4.84. The summed E-state index contributed by atoms with van der Waals surface area (Å²) >= 11 is 1.57. The number of rotatable bonds is 3. The lowest BCUT2D eigenvalue weighted by Crippen LogP contribution is -2.11. The smallest absolute Gasteiger partial charge is 0.214 e. The van der Waals surface area contributed by atoms with E-state index in [0.29, 0.717) is 0 Å². The lowest BCUT2D eigenvalue weighted by atomic mass is 9.93. The zero-order valence-electron chi connectivity index (χ0n) is 13.0. The Balaban J connectivity index is 1.76. The van der Waals surface area contributed by atoms with Crippen molar-refractivity contribution in [3.63, 3.8) is 0 Å². The normalized spacial score (nSPS) is 12.2. The van der Waals surface area contributed by atoms with E-state index in [9.17, 15) is 0 Å². The minimum Gasteiger partial charge on any atom is -0.356 e. The maximum absolute atomic E-state index is 4.64. The van der Waals surface area contributed by atoms with Crippen LogP contribution in [-0.4, -0.2) is 24.4 Å². The first-order valence-corrected chi connectivity index (χ1v) is 7.74. The van der Waals surface area contributed by atoms with Crippen molar-refractivity contribution < 1.29 is 0 Å². The zero-order chi connectivity index (χ0) is 15.2. The Morgan fingerprint density at radius 2 is 2.10 bits per heavy atom. The summed E-state index contributed by atoms with van der Waals surface area (Å²) in [5.74, 6) is 0. The number of aryl methyl sites for hydroxylation is 1. The molecule has 3 heterocycles. The van der Waals surface area contributed by atoms with Crippen LogP contribution in [0.3, 0.4) is 0 Å². The molecule has 0 atom stereocenters. The quantitative estimate of drug-likeness (QED) is 0.808. The van der Waals surface area contributed by atoms with Crippen LogP contribution in [-0.2, 0) is 19.0 Å². The van der Waals surface area contributed by atoms with Crippen LogP contribution >= 0.6 is 11.3 Å². The summed E-state index contributed by atoms with van der Waals surface area (Å²) in [5.41, 5.74) is 3.46. The lowest BCUT2D eigenvalue weighted by Gasteiger charge is -2.13. The standard InChI is InChI=1S/C14H20N6S/c1-9-10(7-16-19(9)5)6-15-12-18-20-8-11(14(2,3)4)17-13(20)21-12/h7-8H,6H2,1-5H3,(H,15,18). The highest BCUT2D eigenvalue weighted by molar-refractivity contribution is 7.20. The third-order valence-electron chi connectivity index (χ3n) is 3.58. The highest BCUT2D eigenvalue weighted by Crippen LogP contribution is 2.25. The molecule has 0 aliphatic carbocycles. The Kier molecular flexibility index (Phi) is 3.24. The van der Waals surface area contributed by atoms with E-state index in [0.717, 1.165) is 22.3 Å². The van der Waals surface area contributed by atoms with Crippen LogP contribution in [0.15, 0.2) is 12.4 Å². The van der Waals surface area contributed by atoms with Gasteiger partial charge in [0.1, 0.15) is 0 Å². The van der Waals surface area contributed by atoms with E-state index >= 15 is 0 Å². The number of hydrogen-bond donors (Lipinski definition) is 1. The Bertz CT molecular complexity index is 742. The highest BCUT2D eigenvalue weighted by Gasteiger charge is 2.19. The van der Waals surface area contributed by atoms with E-state index in [-0.39, 0.29) is 5.41 Å². The van der Waals surface area contributed by atoms with Gasteiger partial charge in [-0.1, -0.05) is 32.1 Å². The van der Waals surface area contributed by atoms with Crippen molar-refractivity contribution in [1.82, 2.24) is 24.4 Å². The summed E-state index contributed by atoms with van der Waals surface area (Å²) in [6.07, 6.45) is 3.89. The van der Waals surface area contributed by atoms with Crippen molar-refractivity contribution in [1.29, 1.82) is 0 Å². The Morgan fingerprint density at radius 1 is 1.33 bits per heavy atom. The molecule has 3 aromatic heterocycles. The van der Waals surface area contributed by atoms with Gasteiger partial charge in [0.05, 0.1) is 18.1 Å². The topological polar surface area (TPSA) is 60.0 Å². The number of nitrogens with one attached hydrogen (secondary N) is 1. The average Bonchev–Trinajstić information content (AvgIpc) is 3.02. The summed E-state index contributed by atoms with van der Waals surface area (Å²) in [6.45, 7) is 9.26. The molecule has 0 saturated heterocycles. The molecule has 0 aromatic carbocycles. The third kappa shape index (κ3) is 2.65. The largest absolute Gasteiger partial charge is 0.356 e. The molecule has 0 spiro atoms. The predicted molar refractivity (Wildman–Crippen MR) is 84.8 cm³/mol. The van der Waals surface area contributed by atoms with Crippen LogP contribution in [0.2, 0.25) is 0 Å². The maximum atomic E-state index is 4.64. The van der Waals surface area contributed by atoms with Crippen molar-refractivity contribution in [3.8, 4) is 0 Å². The number of hydrogen-bond acceptors (Lipinski definition) is 5. The number of anilines is 1. The third-order valence-corrected chi connectivity index (χ3v) is 4.46. The van der Waals surface area contributed by atoms with Crippen molar-refractivity contribution in [3.05, 3.63) is 29.3 Å². The zero-order valence-corrected chi connectivity index (χ0v) is 13.8. The fourth-order valence-electron chi connectivity index (χ4n) is 2.02. The predicted octanol–water partition coefficient (Wildman–Crippen LogP) is 2.74. The summed E-state index contributed by atoms with van der Waals surface area (Å²) in [5, 5.41) is 13.0. The van der Waals surface area contributed by atoms with Gasteiger partial charge in [0.25, 0.3) is 0 Å². The van der Waals surface area contributed by atoms with E-state index in [2.05, 4.69) is 48.2 Å². The minimum absolute atomic E-state index is 0.0494. The molecule has 6 nitrogen and oxygen atoms in total. The Morgan fingerprint density at radius 3 is 2.67 bits per heavy atom. The molecule has 3 aromatic rings. The summed E-state index contributed by atoms with van der Waals surface area (Å²) in [6, 6.07) is 0. The minimum atomic E-state index is 0.0494. The van der Waals surface area contributed by atoms with Crippen molar-refractivity contribution in [2.45, 2.75) is 39.7 Å². The SMILES string of the molecule is Cc1c(CNc2nn3cc(C(C)(C)C)nc3s2)cnn1C. The molecule has 0 aliphatic rings. The fourth-order valence-corrected chi connectivity index (χ4v) is 2.80. The number of nitrogens with zero attached hydrogens (tertiary/aromatic N) is 5. The number of imidazole rings is 1. The summed E-state index contributed by atoms with van der Waals surface area (Å²) in [4.78, 5) is 5.57. The van der Waals surface area contributed by atoms with Gasteiger partial charge >= 0.3 is 0 Å².